The molecule has 0 bridgehead atoms. The van der Waals surface area contributed by atoms with E-state index in [2.05, 4.69) is 74.5 Å². The van der Waals surface area contributed by atoms with Crippen LogP contribution in [0.4, 0.5) is 0 Å². The van der Waals surface area contributed by atoms with Crippen LogP contribution < -0.4 is 0 Å². The molecule has 0 amide bonds. The maximum atomic E-state index is 3.25. The van der Waals surface area contributed by atoms with Crippen LogP contribution in [-0.2, 0) is 0 Å². The summed E-state index contributed by atoms with van der Waals surface area (Å²) in [6, 6.07) is 27.5. The molecule has 0 aliphatic rings. The Bertz CT molecular complexity index is 645. The fraction of sp³-hybridized carbons (Fsp3) is 0.100. The molecule has 0 aliphatic heterocycles. The van der Waals surface area contributed by atoms with E-state index < -0.39 is 0 Å². The third-order valence-electron chi connectivity index (χ3n) is 3.56. The van der Waals surface area contributed by atoms with E-state index in [1.54, 1.807) is 0 Å². The first-order valence-electron chi connectivity index (χ1n) is 6.82. The fourth-order valence-corrected chi connectivity index (χ4v) is 2.62. The molecule has 0 aliphatic carbocycles. The quantitative estimate of drug-likeness (QED) is 0.588. The molecule has 20 heavy (non-hydrogen) atoms. The van der Waals surface area contributed by atoms with E-state index in [-0.39, 0.29) is 0 Å². The van der Waals surface area contributed by atoms with Crippen molar-refractivity contribution < 1.29 is 0 Å². The van der Waals surface area contributed by atoms with Crippen molar-refractivity contribution in [3.63, 3.8) is 0 Å². The minimum absolute atomic E-state index is 1.14. The normalized spacial score (nSPS) is 10.5. The maximum Gasteiger partial charge on any atom is -0.00573 e. The van der Waals surface area contributed by atoms with Crippen LogP contribution in [0.5, 0.6) is 0 Å². The summed E-state index contributed by atoms with van der Waals surface area (Å²) in [7, 11) is 0. The van der Waals surface area contributed by atoms with Crippen LogP contribution >= 0.6 is 0 Å². The van der Waals surface area contributed by atoms with Crippen molar-refractivity contribution in [2.75, 3.05) is 0 Å². The van der Waals surface area contributed by atoms with Gasteiger partial charge in [-0.3, -0.25) is 0 Å². The summed E-state index contributed by atoms with van der Waals surface area (Å²) < 4.78 is 0. The Morgan fingerprint density at radius 2 is 0.900 bits per heavy atom. The molecule has 96 valence electrons. The molecule has 0 saturated heterocycles. The van der Waals surface area contributed by atoms with Gasteiger partial charge in [0.15, 0.2) is 0 Å². The molecule has 0 spiro atoms. The lowest BCUT2D eigenvalue weighted by atomic mass is 9.88. The average molecular weight is 256 g/mol. The van der Waals surface area contributed by atoms with Crippen molar-refractivity contribution in [1.82, 2.24) is 0 Å². The zero-order chi connectivity index (χ0) is 13.9. The molecule has 3 aromatic carbocycles. The molecule has 0 unspecified atom stereocenters. The molecule has 3 aromatic rings. The first-order chi connectivity index (χ1) is 9.77. The molecule has 0 fully saturated rings. The summed E-state index contributed by atoms with van der Waals surface area (Å²) in [6.07, 6.45) is 0. The molecular formula is C20H16. The Morgan fingerprint density at radius 1 is 0.550 bits per heavy atom. The van der Waals surface area contributed by atoms with Crippen molar-refractivity contribution in [3.8, 4) is 22.3 Å². The number of benzene rings is 3. The Hall–Kier alpha value is -2.34. The second kappa shape index (κ2) is 5.34. The molecule has 0 saturated carbocycles. The van der Waals surface area contributed by atoms with Crippen molar-refractivity contribution in [1.29, 1.82) is 0 Å². The molecule has 0 heterocycles. The standard InChI is InChI=1S/C20H16/c1-15-13-14-16(2)20(18-11-7-4-8-12-18)19(15)17-9-5-3-6-10-17/h3-12H,1-2H3. The summed E-state index contributed by atoms with van der Waals surface area (Å²) in [4.78, 5) is 0. The molecule has 2 radical (unpaired) electrons. The van der Waals surface area contributed by atoms with Gasteiger partial charge in [0.05, 0.1) is 0 Å². The highest BCUT2D eigenvalue weighted by atomic mass is 14.2. The van der Waals surface area contributed by atoms with Crippen LogP contribution in [0.2, 0.25) is 0 Å². The molecule has 0 nitrogen and oxygen atoms in total. The third-order valence-corrected chi connectivity index (χ3v) is 3.56. The fourth-order valence-electron chi connectivity index (χ4n) is 2.62. The summed E-state index contributed by atoms with van der Waals surface area (Å²) in [5.41, 5.74) is 7.26. The van der Waals surface area contributed by atoms with Crippen LogP contribution in [0.15, 0.2) is 60.7 Å². The summed E-state index contributed by atoms with van der Waals surface area (Å²) in [6.45, 7) is 4.20. The number of rotatable bonds is 2. The van der Waals surface area contributed by atoms with Gasteiger partial charge in [-0.25, -0.2) is 0 Å². The summed E-state index contributed by atoms with van der Waals surface area (Å²) in [5.74, 6) is 0. The largest absolute Gasteiger partial charge is 0.0622 e. The van der Waals surface area contributed by atoms with Crippen molar-refractivity contribution >= 4 is 0 Å². The molecule has 0 heteroatoms. The van der Waals surface area contributed by atoms with E-state index in [1.807, 2.05) is 12.1 Å². The van der Waals surface area contributed by atoms with Gasteiger partial charge in [0, 0.05) is 0 Å². The number of hydrogen-bond donors (Lipinski definition) is 0. The Kier molecular flexibility index (Phi) is 3.39. The van der Waals surface area contributed by atoms with Crippen molar-refractivity contribution in [2.24, 2.45) is 0 Å². The Morgan fingerprint density at radius 3 is 1.25 bits per heavy atom. The minimum atomic E-state index is 1.14. The SMILES string of the molecule is Cc1[c][c]c(C)c(-c2ccccc2)c1-c1ccccc1. The Balaban J connectivity index is 2.32. The van der Waals surface area contributed by atoms with E-state index in [9.17, 15) is 0 Å². The van der Waals surface area contributed by atoms with Gasteiger partial charge in [-0.2, -0.15) is 0 Å². The van der Waals surface area contributed by atoms with Gasteiger partial charge in [0.1, 0.15) is 0 Å². The summed E-state index contributed by atoms with van der Waals surface area (Å²) in [5, 5.41) is 0. The number of aryl methyl sites for hydroxylation is 2. The van der Waals surface area contributed by atoms with Gasteiger partial charge in [-0.05, 0) is 59.4 Å². The molecular weight excluding hydrogens is 240 g/mol. The zero-order valence-corrected chi connectivity index (χ0v) is 11.8. The minimum Gasteiger partial charge on any atom is -0.0622 e. The van der Waals surface area contributed by atoms with Gasteiger partial charge < -0.3 is 0 Å². The smallest absolute Gasteiger partial charge is 0.00573 e. The van der Waals surface area contributed by atoms with E-state index in [1.165, 1.54) is 22.3 Å². The highest BCUT2D eigenvalue weighted by Gasteiger charge is 2.12. The van der Waals surface area contributed by atoms with E-state index in [0.717, 1.165) is 11.1 Å². The average Bonchev–Trinajstić information content (AvgIpc) is 2.51. The van der Waals surface area contributed by atoms with Gasteiger partial charge >= 0.3 is 0 Å². The predicted molar refractivity (Wildman–Crippen MR) is 84.5 cm³/mol. The third kappa shape index (κ3) is 2.25. The van der Waals surface area contributed by atoms with Gasteiger partial charge in [0.2, 0.25) is 0 Å². The van der Waals surface area contributed by atoms with Gasteiger partial charge in [0.25, 0.3) is 0 Å². The van der Waals surface area contributed by atoms with Crippen LogP contribution in [0, 0.1) is 26.0 Å². The van der Waals surface area contributed by atoms with Gasteiger partial charge in [-0.1, -0.05) is 60.7 Å². The second-order valence-corrected chi connectivity index (χ2v) is 4.98. The summed E-state index contributed by atoms with van der Waals surface area (Å²) >= 11 is 0. The lowest BCUT2D eigenvalue weighted by molar-refractivity contribution is 1.37. The van der Waals surface area contributed by atoms with Crippen LogP contribution in [-0.4, -0.2) is 0 Å². The van der Waals surface area contributed by atoms with Crippen LogP contribution in [0.3, 0.4) is 0 Å². The number of hydrogen-bond acceptors (Lipinski definition) is 0. The van der Waals surface area contributed by atoms with Crippen molar-refractivity contribution in [3.05, 3.63) is 83.9 Å². The van der Waals surface area contributed by atoms with E-state index >= 15 is 0 Å². The zero-order valence-electron chi connectivity index (χ0n) is 11.8. The molecule has 0 aromatic heterocycles. The highest BCUT2D eigenvalue weighted by Crippen LogP contribution is 2.36. The first-order valence-corrected chi connectivity index (χ1v) is 6.82. The van der Waals surface area contributed by atoms with E-state index in [0.29, 0.717) is 0 Å². The Labute approximate surface area is 120 Å². The predicted octanol–water partition coefficient (Wildman–Crippen LogP) is 5.24. The topological polar surface area (TPSA) is 0 Å². The molecule has 3 rings (SSSR count). The first kappa shape index (κ1) is 12.7. The van der Waals surface area contributed by atoms with Crippen LogP contribution in [0.25, 0.3) is 22.3 Å². The second-order valence-electron chi connectivity index (χ2n) is 4.98. The van der Waals surface area contributed by atoms with Crippen molar-refractivity contribution in [2.45, 2.75) is 13.8 Å². The molecule has 0 N–H and O–H groups in total. The maximum absolute atomic E-state index is 3.25. The molecule has 0 atom stereocenters. The van der Waals surface area contributed by atoms with Gasteiger partial charge in [-0.15, -0.1) is 0 Å². The monoisotopic (exact) mass is 256 g/mol. The van der Waals surface area contributed by atoms with Crippen LogP contribution in [0.1, 0.15) is 11.1 Å². The highest BCUT2D eigenvalue weighted by molar-refractivity contribution is 5.87. The lowest BCUT2D eigenvalue weighted by Crippen LogP contribution is -1.93. The van der Waals surface area contributed by atoms with E-state index in [4.69, 9.17) is 0 Å². The lowest BCUT2D eigenvalue weighted by Gasteiger charge is -2.15.